The molecule has 0 spiro atoms. The summed E-state index contributed by atoms with van der Waals surface area (Å²) in [4.78, 5) is 15.6. The Morgan fingerprint density at radius 3 is 3.00 bits per heavy atom. The van der Waals surface area contributed by atoms with Gasteiger partial charge >= 0.3 is 0 Å². The number of alkyl halides is 1. The van der Waals surface area contributed by atoms with Crippen molar-refractivity contribution in [3.8, 4) is 0 Å². The average molecular weight is 274 g/mol. The molecule has 0 aromatic carbocycles. The van der Waals surface area contributed by atoms with E-state index < -0.39 is 0 Å². The van der Waals surface area contributed by atoms with Crippen LogP contribution in [0.2, 0.25) is 0 Å². The quantitative estimate of drug-likeness (QED) is 0.828. The molecule has 1 amide bonds. The maximum Gasteiger partial charge on any atom is 0.269 e. The number of hydrogen-bond donors (Lipinski definition) is 1. The molecule has 1 rings (SSSR count). The summed E-state index contributed by atoms with van der Waals surface area (Å²) in [7, 11) is 1.81. The van der Waals surface area contributed by atoms with Gasteiger partial charge in [-0.1, -0.05) is 22.9 Å². The Morgan fingerprint density at radius 2 is 2.47 bits per heavy atom. The van der Waals surface area contributed by atoms with Gasteiger partial charge in [-0.3, -0.25) is 4.79 Å². The lowest BCUT2D eigenvalue weighted by Crippen LogP contribution is -2.29. The van der Waals surface area contributed by atoms with Crippen molar-refractivity contribution in [1.82, 2.24) is 14.9 Å². The van der Waals surface area contributed by atoms with E-state index in [1.54, 1.807) is 17.1 Å². The monoisotopic (exact) mass is 273 g/mol. The topological polar surface area (TPSA) is 46.9 Å². The highest BCUT2D eigenvalue weighted by Crippen LogP contribution is 2.03. The average Bonchev–Trinajstić information content (AvgIpc) is 2.61. The number of aromatic nitrogens is 2. The molecule has 15 heavy (non-hydrogen) atoms. The van der Waals surface area contributed by atoms with E-state index in [1.807, 2.05) is 7.05 Å². The molecule has 1 aromatic rings. The van der Waals surface area contributed by atoms with Gasteiger partial charge in [0.2, 0.25) is 0 Å². The normalized spacial score (nSPS) is 12.5. The van der Waals surface area contributed by atoms with Crippen LogP contribution in [0.15, 0.2) is 12.5 Å². The zero-order valence-corrected chi connectivity index (χ0v) is 10.6. The molecule has 0 aliphatic carbocycles. The zero-order valence-electron chi connectivity index (χ0n) is 9.03. The SMILES string of the molecule is CC(CCBr)CNC(=O)c1cncn1C. The molecule has 1 atom stereocenters. The smallest absolute Gasteiger partial charge is 0.269 e. The molecule has 0 radical (unpaired) electrons. The Labute approximate surface area is 98.2 Å². The Bertz CT molecular complexity index is 324. The summed E-state index contributed by atoms with van der Waals surface area (Å²) in [5, 5.41) is 3.86. The van der Waals surface area contributed by atoms with Gasteiger partial charge in [-0.25, -0.2) is 4.98 Å². The Balaban J connectivity index is 2.40. The maximum absolute atomic E-state index is 11.7. The second-order valence-electron chi connectivity index (χ2n) is 3.68. The third kappa shape index (κ3) is 3.66. The van der Waals surface area contributed by atoms with Gasteiger partial charge in [0.1, 0.15) is 5.69 Å². The van der Waals surface area contributed by atoms with Crippen molar-refractivity contribution in [1.29, 1.82) is 0 Å². The highest BCUT2D eigenvalue weighted by atomic mass is 79.9. The minimum absolute atomic E-state index is 0.0589. The van der Waals surface area contributed by atoms with Crippen molar-refractivity contribution in [3.05, 3.63) is 18.2 Å². The summed E-state index contributed by atoms with van der Waals surface area (Å²) < 4.78 is 1.71. The minimum atomic E-state index is -0.0589. The fourth-order valence-corrected chi connectivity index (χ4v) is 2.00. The second kappa shape index (κ2) is 5.90. The van der Waals surface area contributed by atoms with Crippen molar-refractivity contribution in [3.63, 3.8) is 0 Å². The van der Waals surface area contributed by atoms with E-state index in [9.17, 15) is 4.79 Å². The van der Waals surface area contributed by atoms with Gasteiger partial charge in [-0.15, -0.1) is 0 Å². The minimum Gasteiger partial charge on any atom is -0.350 e. The van der Waals surface area contributed by atoms with Crippen molar-refractivity contribution in [2.24, 2.45) is 13.0 Å². The lowest BCUT2D eigenvalue weighted by Gasteiger charge is -2.10. The second-order valence-corrected chi connectivity index (χ2v) is 4.48. The molecule has 1 heterocycles. The van der Waals surface area contributed by atoms with Crippen molar-refractivity contribution >= 4 is 21.8 Å². The standard InChI is InChI=1S/C10H16BrN3O/c1-8(3-4-11)5-13-10(15)9-6-12-7-14(9)2/h6-8H,3-5H2,1-2H3,(H,13,15). The fraction of sp³-hybridized carbons (Fsp3) is 0.600. The van der Waals surface area contributed by atoms with E-state index in [0.29, 0.717) is 18.2 Å². The zero-order chi connectivity index (χ0) is 11.3. The number of nitrogens with one attached hydrogen (secondary N) is 1. The Hall–Kier alpha value is -0.840. The number of aryl methyl sites for hydroxylation is 1. The van der Waals surface area contributed by atoms with Gasteiger partial charge in [-0.2, -0.15) is 0 Å². The van der Waals surface area contributed by atoms with E-state index in [4.69, 9.17) is 0 Å². The van der Waals surface area contributed by atoms with Crippen molar-refractivity contribution in [2.75, 3.05) is 11.9 Å². The van der Waals surface area contributed by atoms with Crippen LogP contribution in [0.1, 0.15) is 23.8 Å². The largest absolute Gasteiger partial charge is 0.350 e. The van der Waals surface area contributed by atoms with Crippen LogP contribution in [0, 0.1) is 5.92 Å². The van der Waals surface area contributed by atoms with Crippen molar-refractivity contribution in [2.45, 2.75) is 13.3 Å². The maximum atomic E-state index is 11.7. The van der Waals surface area contributed by atoms with Gasteiger partial charge in [0.25, 0.3) is 5.91 Å². The number of hydrogen-bond acceptors (Lipinski definition) is 2. The van der Waals surface area contributed by atoms with Gasteiger partial charge in [0.15, 0.2) is 0 Å². The molecule has 4 nitrogen and oxygen atoms in total. The van der Waals surface area contributed by atoms with E-state index in [1.165, 1.54) is 0 Å². The molecular formula is C10H16BrN3O. The summed E-state index contributed by atoms with van der Waals surface area (Å²) in [5.41, 5.74) is 0.598. The van der Waals surface area contributed by atoms with E-state index in [2.05, 4.69) is 33.2 Å². The summed E-state index contributed by atoms with van der Waals surface area (Å²) >= 11 is 3.38. The van der Waals surface area contributed by atoms with Gasteiger partial charge in [-0.05, 0) is 12.3 Å². The first-order chi connectivity index (χ1) is 7.15. The van der Waals surface area contributed by atoms with Crippen LogP contribution in [0.5, 0.6) is 0 Å². The summed E-state index contributed by atoms with van der Waals surface area (Å²) in [5.74, 6) is 0.429. The first kappa shape index (κ1) is 12.2. The van der Waals surface area contributed by atoms with Gasteiger partial charge in [0, 0.05) is 18.9 Å². The lowest BCUT2D eigenvalue weighted by molar-refractivity contribution is 0.0939. The molecule has 0 bridgehead atoms. The van der Waals surface area contributed by atoms with Crippen LogP contribution >= 0.6 is 15.9 Å². The van der Waals surface area contributed by atoms with Crippen LogP contribution in [0.4, 0.5) is 0 Å². The van der Waals surface area contributed by atoms with Crippen LogP contribution in [0.3, 0.4) is 0 Å². The van der Waals surface area contributed by atoms with E-state index in [-0.39, 0.29) is 5.91 Å². The fourth-order valence-electron chi connectivity index (χ4n) is 1.22. The van der Waals surface area contributed by atoms with Crippen LogP contribution in [-0.4, -0.2) is 27.3 Å². The summed E-state index contributed by atoms with van der Waals surface area (Å²) in [6.07, 6.45) is 4.26. The van der Waals surface area contributed by atoms with Gasteiger partial charge in [0.05, 0.1) is 12.5 Å². The number of carbonyl (C=O) groups is 1. The predicted molar refractivity (Wildman–Crippen MR) is 63.1 cm³/mol. The molecule has 5 heteroatoms. The summed E-state index contributed by atoms with van der Waals surface area (Å²) in [6.45, 7) is 2.82. The van der Waals surface area contributed by atoms with Crippen LogP contribution < -0.4 is 5.32 Å². The van der Waals surface area contributed by atoms with Gasteiger partial charge < -0.3 is 9.88 Å². The van der Waals surface area contributed by atoms with Crippen LogP contribution in [0.25, 0.3) is 0 Å². The lowest BCUT2D eigenvalue weighted by atomic mass is 10.1. The molecule has 84 valence electrons. The number of halogens is 1. The number of rotatable bonds is 5. The Morgan fingerprint density at radius 1 is 1.73 bits per heavy atom. The first-order valence-corrected chi connectivity index (χ1v) is 6.07. The number of amides is 1. The van der Waals surface area contributed by atoms with Crippen molar-refractivity contribution < 1.29 is 4.79 Å². The predicted octanol–water partition coefficient (Wildman–Crippen LogP) is 1.57. The highest BCUT2D eigenvalue weighted by molar-refractivity contribution is 9.09. The molecule has 1 N–H and O–H groups in total. The highest BCUT2D eigenvalue weighted by Gasteiger charge is 2.10. The molecule has 0 saturated heterocycles. The van der Waals surface area contributed by atoms with Crippen LogP contribution in [-0.2, 0) is 7.05 Å². The third-order valence-electron chi connectivity index (χ3n) is 2.26. The van der Waals surface area contributed by atoms with E-state index in [0.717, 1.165) is 11.8 Å². The molecular weight excluding hydrogens is 258 g/mol. The van der Waals surface area contributed by atoms with E-state index >= 15 is 0 Å². The number of imidazole rings is 1. The molecule has 1 unspecified atom stereocenters. The first-order valence-electron chi connectivity index (χ1n) is 4.95. The summed E-state index contributed by atoms with van der Waals surface area (Å²) in [6, 6.07) is 0. The third-order valence-corrected chi connectivity index (χ3v) is 2.72. The molecule has 0 saturated carbocycles. The molecule has 0 fully saturated rings. The molecule has 0 aliphatic rings. The molecule has 0 aliphatic heterocycles. The molecule has 1 aromatic heterocycles. The number of nitrogens with zero attached hydrogens (tertiary/aromatic N) is 2. The number of carbonyl (C=O) groups excluding carboxylic acids is 1. The Kier molecular flexibility index (Phi) is 4.81.